The first kappa shape index (κ1) is 16.7. The van der Waals surface area contributed by atoms with E-state index in [9.17, 15) is 4.79 Å². The third-order valence-corrected chi connectivity index (χ3v) is 5.09. The summed E-state index contributed by atoms with van der Waals surface area (Å²) in [5.74, 6) is 1.30. The van der Waals surface area contributed by atoms with Crippen molar-refractivity contribution >= 4 is 17.7 Å². The Morgan fingerprint density at radius 3 is 2.75 bits per heavy atom. The van der Waals surface area contributed by atoms with Gasteiger partial charge in [0, 0.05) is 11.3 Å². The number of benzene rings is 2. The highest BCUT2D eigenvalue weighted by atomic mass is 32.2. The van der Waals surface area contributed by atoms with Crippen LogP contribution in [0.5, 0.6) is 11.5 Å². The Morgan fingerprint density at radius 1 is 1.29 bits per heavy atom. The molecular formula is C18H19NO4S. The first-order chi connectivity index (χ1) is 11.7. The van der Waals surface area contributed by atoms with Crippen molar-refractivity contribution in [3.63, 3.8) is 0 Å². The minimum absolute atomic E-state index is 0.0347. The van der Waals surface area contributed by atoms with E-state index in [1.165, 1.54) is 0 Å². The molecule has 1 aliphatic rings. The summed E-state index contributed by atoms with van der Waals surface area (Å²) < 4.78 is 11.2. The summed E-state index contributed by atoms with van der Waals surface area (Å²) in [6, 6.07) is 15.0. The summed E-state index contributed by atoms with van der Waals surface area (Å²) >= 11 is 1.59. The van der Waals surface area contributed by atoms with Crippen LogP contribution in [-0.2, 0) is 11.4 Å². The molecule has 1 aliphatic heterocycles. The van der Waals surface area contributed by atoms with E-state index in [0.29, 0.717) is 12.4 Å². The van der Waals surface area contributed by atoms with Gasteiger partial charge in [-0.3, -0.25) is 10.1 Å². The number of hydrogen-bond donors (Lipinski definition) is 2. The van der Waals surface area contributed by atoms with E-state index in [0.717, 1.165) is 22.6 Å². The van der Waals surface area contributed by atoms with E-state index in [2.05, 4.69) is 5.32 Å². The number of thioether (sulfide) groups is 1. The van der Waals surface area contributed by atoms with Crippen LogP contribution in [0, 0.1) is 0 Å². The Kier molecular flexibility index (Phi) is 5.27. The van der Waals surface area contributed by atoms with Gasteiger partial charge in [0.05, 0.1) is 12.5 Å². The molecule has 2 N–H and O–H groups in total. The summed E-state index contributed by atoms with van der Waals surface area (Å²) in [6.07, 6.45) is 0. The summed E-state index contributed by atoms with van der Waals surface area (Å²) in [6.45, 7) is 0.390. The zero-order valence-electron chi connectivity index (χ0n) is 13.3. The average molecular weight is 345 g/mol. The van der Waals surface area contributed by atoms with Gasteiger partial charge in [0.2, 0.25) is 0 Å². The Morgan fingerprint density at radius 2 is 2.08 bits per heavy atom. The predicted octanol–water partition coefficient (Wildman–Crippen LogP) is 3.06. The minimum atomic E-state index is -0.814. The lowest BCUT2D eigenvalue weighted by atomic mass is 10.1. The molecular weight excluding hydrogens is 326 g/mol. The first-order valence-electron chi connectivity index (χ1n) is 7.62. The lowest BCUT2D eigenvalue weighted by Crippen LogP contribution is -2.33. The maximum Gasteiger partial charge on any atom is 0.321 e. The molecule has 0 unspecified atom stereocenters. The lowest BCUT2D eigenvalue weighted by Gasteiger charge is -2.16. The van der Waals surface area contributed by atoms with Crippen LogP contribution in [0.25, 0.3) is 0 Å². The number of para-hydroxylation sites is 1. The zero-order chi connectivity index (χ0) is 16.9. The number of methoxy groups -OCH3 is 1. The Balaban J connectivity index is 1.74. The van der Waals surface area contributed by atoms with Crippen LogP contribution in [0.15, 0.2) is 48.5 Å². The van der Waals surface area contributed by atoms with Crippen LogP contribution >= 0.6 is 11.8 Å². The third-order valence-electron chi connectivity index (χ3n) is 3.82. The van der Waals surface area contributed by atoms with Gasteiger partial charge >= 0.3 is 5.97 Å². The third kappa shape index (κ3) is 3.83. The quantitative estimate of drug-likeness (QED) is 0.839. The normalized spacial score (nSPS) is 19.9. The standard InChI is InChI=1S/C18H19NO4S/c1-22-16-8-7-12(17-19-15(11-24-17)18(20)21)9-13(16)10-23-14-5-3-2-4-6-14/h2-9,15,17,19H,10-11H2,1H3,(H,20,21)/t15-,17+/m1/s1. The molecule has 0 aliphatic carbocycles. The zero-order valence-corrected chi connectivity index (χ0v) is 14.1. The number of ether oxygens (including phenoxy) is 2. The van der Waals surface area contributed by atoms with E-state index in [1.807, 2.05) is 48.5 Å². The molecule has 5 nitrogen and oxygen atoms in total. The molecule has 1 fully saturated rings. The van der Waals surface area contributed by atoms with Crippen molar-refractivity contribution < 1.29 is 19.4 Å². The van der Waals surface area contributed by atoms with E-state index >= 15 is 0 Å². The molecule has 1 saturated heterocycles. The van der Waals surface area contributed by atoms with Gasteiger partial charge in [0.1, 0.15) is 24.1 Å². The molecule has 126 valence electrons. The Labute approximate surface area is 145 Å². The molecule has 3 rings (SSSR count). The fraction of sp³-hybridized carbons (Fsp3) is 0.278. The van der Waals surface area contributed by atoms with Gasteiger partial charge in [0.15, 0.2) is 0 Å². The van der Waals surface area contributed by atoms with Gasteiger partial charge in [-0.2, -0.15) is 0 Å². The van der Waals surface area contributed by atoms with Gasteiger partial charge in [-0.05, 0) is 29.8 Å². The van der Waals surface area contributed by atoms with Gasteiger partial charge in [-0.25, -0.2) is 0 Å². The average Bonchev–Trinajstić information content (AvgIpc) is 3.11. The molecule has 0 spiro atoms. The molecule has 0 saturated carbocycles. The molecule has 0 radical (unpaired) electrons. The predicted molar refractivity (Wildman–Crippen MR) is 93.5 cm³/mol. The van der Waals surface area contributed by atoms with Crippen LogP contribution in [0.1, 0.15) is 16.5 Å². The molecule has 24 heavy (non-hydrogen) atoms. The Hall–Kier alpha value is -2.18. The van der Waals surface area contributed by atoms with Crippen molar-refractivity contribution in [1.82, 2.24) is 5.32 Å². The summed E-state index contributed by atoms with van der Waals surface area (Å²) in [4.78, 5) is 11.1. The van der Waals surface area contributed by atoms with Gasteiger partial charge in [-0.1, -0.05) is 24.3 Å². The van der Waals surface area contributed by atoms with Crippen molar-refractivity contribution in [2.45, 2.75) is 18.0 Å². The summed E-state index contributed by atoms with van der Waals surface area (Å²) in [7, 11) is 1.63. The highest BCUT2D eigenvalue weighted by molar-refractivity contribution is 7.99. The number of aliphatic carboxylic acids is 1. The number of carboxylic acids is 1. The number of rotatable bonds is 6. The van der Waals surface area contributed by atoms with Gasteiger partial charge < -0.3 is 14.6 Å². The van der Waals surface area contributed by atoms with E-state index < -0.39 is 12.0 Å². The van der Waals surface area contributed by atoms with Crippen LogP contribution in [0.4, 0.5) is 0 Å². The molecule has 0 bridgehead atoms. The number of carboxylic acid groups (broad SMARTS) is 1. The maximum atomic E-state index is 11.1. The molecule has 0 aromatic heterocycles. The van der Waals surface area contributed by atoms with E-state index in [4.69, 9.17) is 14.6 Å². The summed E-state index contributed by atoms with van der Waals surface area (Å²) in [5, 5.41) is 12.2. The first-order valence-corrected chi connectivity index (χ1v) is 8.67. The molecule has 1 heterocycles. The number of hydrogen-bond acceptors (Lipinski definition) is 5. The van der Waals surface area contributed by atoms with Crippen LogP contribution in [0.2, 0.25) is 0 Å². The van der Waals surface area contributed by atoms with Crippen molar-refractivity contribution in [2.24, 2.45) is 0 Å². The highest BCUT2D eigenvalue weighted by Crippen LogP contribution is 2.35. The highest BCUT2D eigenvalue weighted by Gasteiger charge is 2.30. The molecule has 0 amide bonds. The second-order valence-electron chi connectivity index (χ2n) is 5.44. The lowest BCUT2D eigenvalue weighted by molar-refractivity contribution is -0.138. The van der Waals surface area contributed by atoms with Crippen LogP contribution in [0.3, 0.4) is 0 Å². The second kappa shape index (κ2) is 7.59. The minimum Gasteiger partial charge on any atom is -0.496 e. The van der Waals surface area contributed by atoms with E-state index in [1.54, 1.807) is 18.9 Å². The maximum absolute atomic E-state index is 11.1. The molecule has 2 aromatic rings. The van der Waals surface area contributed by atoms with Crippen molar-refractivity contribution in [2.75, 3.05) is 12.9 Å². The number of carbonyl (C=O) groups is 1. The monoisotopic (exact) mass is 345 g/mol. The molecule has 6 heteroatoms. The SMILES string of the molecule is COc1ccc([C@H]2N[C@@H](C(=O)O)CS2)cc1COc1ccccc1. The number of nitrogens with one attached hydrogen (secondary N) is 1. The van der Waals surface area contributed by atoms with Crippen molar-refractivity contribution in [3.05, 3.63) is 59.7 Å². The Bertz CT molecular complexity index is 707. The largest absolute Gasteiger partial charge is 0.496 e. The van der Waals surface area contributed by atoms with Crippen molar-refractivity contribution in [1.29, 1.82) is 0 Å². The summed E-state index contributed by atoms with van der Waals surface area (Å²) in [5.41, 5.74) is 1.95. The van der Waals surface area contributed by atoms with Gasteiger partial charge in [0.25, 0.3) is 0 Å². The second-order valence-corrected chi connectivity index (χ2v) is 6.58. The molecule has 2 aromatic carbocycles. The van der Waals surface area contributed by atoms with Crippen molar-refractivity contribution in [3.8, 4) is 11.5 Å². The van der Waals surface area contributed by atoms with Crippen LogP contribution in [-0.4, -0.2) is 30.0 Å². The topological polar surface area (TPSA) is 67.8 Å². The van der Waals surface area contributed by atoms with Gasteiger partial charge in [-0.15, -0.1) is 11.8 Å². The fourth-order valence-corrected chi connectivity index (χ4v) is 3.78. The van der Waals surface area contributed by atoms with E-state index in [-0.39, 0.29) is 5.37 Å². The fourth-order valence-electron chi connectivity index (χ4n) is 2.56. The van der Waals surface area contributed by atoms with Crippen LogP contribution < -0.4 is 14.8 Å². The molecule has 2 atom stereocenters. The smallest absolute Gasteiger partial charge is 0.321 e.